The fraction of sp³-hybridized carbons (Fsp3) is 0.462. The minimum Gasteiger partial charge on any atom is -0.338 e. The minimum atomic E-state index is -0.0617. The van der Waals surface area contributed by atoms with E-state index in [1.165, 1.54) is 18.4 Å². The van der Waals surface area contributed by atoms with Crippen molar-refractivity contribution in [2.75, 3.05) is 6.54 Å². The third kappa shape index (κ3) is 3.57. The van der Waals surface area contributed by atoms with Crippen LogP contribution in [0.2, 0.25) is 0 Å². The molecule has 86 valence electrons. The lowest BCUT2D eigenvalue weighted by Gasteiger charge is -2.07. The van der Waals surface area contributed by atoms with Crippen molar-refractivity contribution < 1.29 is 4.79 Å². The second-order valence-electron chi connectivity index (χ2n) is 4.50. The first-order valence-corrected chi connectivity index (χ1v) is 5.81. The van der Waals surface area contributed by atoms with Gasteiger partial charge in [-0.2, -0.15) is 0 Å². The van der Waals surface area contributed by atoms with Crippen LogP contribution in [0.15, 0.2) is 24.3 Å². The van der Waals surface area contributed by atoms with Gasteiger partial charge in [-0.05, 0) is 31.2 Å². The number of carbonyl (C=O) groups excluding carboxylic acids is 1. The predicted molar refractivity (Wildman–Crippen MR) is 64.1 cm³/mol. The Bertz CT molecular complexity index is 372. The van der Waals surface area contributed by atoms with Gasteiger partial charge in [0.05, 0.1) is 0 Å². The van der Waals surface area contributed by atoms with Gasteiger partial charge in [0.1, 0.15) is 0 Å². The number of benzene rings is 1. The van der Waals surface area contributed by atoms with Gasteiger partial charge in [-0.25, -0.2) is 4.79 Å². The zero-order valence-electron chi connectivity index (χ0n) is 9.62. The Morgan fingerprint density at radius 3 is 2.88 bits per heavy atom. The van der Waals surface area contributed by atoms with E-state index >= 15 is 0 Å². The monoisotopic (exact) mass is 218 g/mol. The van der Waals surface area contributed by atoms with Gasteiger partial charge in [0.15, 0.2) is 0 Å². The van der Waals surface area contributed by atoms with Gasteiger partial charge in [0.2, 0.25) is 0 Å². The molecule has 0 spiro atoms. The maximum absolute atomic E-state index is 11.4. The highest BCUT2D eigenvalue weighted by atomic mass is 16.2. The van der Waals surface area contributed by atoms with Crippen molar-refractivity contribution in [3.8, 4) is 0 Å². The molecule has 1 aromatic rings. The zero-order chi connectivity index (χ0) is 11.4. The van der Waals surface area contributed by atoms with E-state index in [4.69, 9.17) is 0 Å². The van der Waals surface area contributed by atoms with Crippen molar-refractivity contribution in [2.45, 2.75) is 26.3 Å². The fourth-order valence-corrected chi connectivity index (χ4v) is 1.63. The van der Waals surface area contributed by atoms with Gasteiger partial charge >= 0.3 is 6.03 Å². The summed E-state index contributed by atoms with van der Waals surface area (Å²) in [6.07, 6.45) is 2.52. The molecule has 1 aliphatic carbocycles. The molecule has 1 aliphatic rings. The lowest BCUT2D eigenvalue weighted by atomic mass is 10.1. The Morgan fingerprint density at radius 2 is 2.19 bits per heavy atom. The molecule has 0 aliphatic heterocycles. The van der Waals surface area contributed by atoms with Crippen LogP contribution in [0.3, 0.4) is 0 Å². The van der Waals surface area contributed by atoms with Crippen LogP contribution in [0.25, 0.3) is 0 Å². The van der Waals surface area contributed by atoms with E-state index in [1.807, 2.05) is 12.1 Å². The molecule has 2 N–H and O–H groups in total. The van der Waals surface area contributed by atoms with Crippen molar-refractivity contribution >= 4 is 6.03 Å². The van der Waals surface area contributed by atoms with E-state index < -0.39 is 0 Å². The lowest BCUT2D eigenvalue weighted by molar-refractivity contribution is 0.240. The molecule has 3 heteroatoms. The molecule has 3 nitrogen and oxygen atoms in total. The number of hydrogen-bond donors (Lipinski definition) is 2. The summed E-state index contributed by atoms with van der Waals surface area (Å²) < 4.78 is 0. The van der Waals surface area contributed by atoms with E-state index in [0.717, 1.165) is 18.0 Å². The molecule has 0 aromatic heterocycles. The molecule has 2 amide bonds. The van der Waals surface area contributed by atoms with Gasteiger partial charge in [-0.1, -0.05) is 29.8 Å². The summed E-state index contributed by atoms with van der Waals surface area (Å²) in [5.74, 6) is 0.727. The third-order valence-corrected chi connectivity index (χ3v) is 2.78. The number of carbonyl (C=O) groups is 1. The van der Waals surface area contributed by atoms with Crippen LogP contribution < -0.4 is 10.6 Å². The highest BCUT2D eigenvalue weighted by molar-refractivity contribution is 5.73. The molecule has 0 saturated heterocycles. The van der Waals surface area contributed by atoms with E-state index in [1.54, 1.807) is 0 Å². The Kier molecular flexibility index (Phi) is 3.44. The summed E-state index contributed by atoms with van der Waals surface area (Å²) in [5.41, 5.74) is 2.36. The van der Waals surface area contributed by atoms with Gasteiger partial charge < -0.3 is 10.6 Å². The molecule has 0 heterocycles. The van der Waals surface area contributed by atoms with E-state index in [0.29, 0.717) is 6.54 Å². The quantitative estimate of drug-likeness (QED) is 0.799. The van der Waals surface area contributed by atoms with E-state index in [2.05, 4.69) is 29.7 Å². The average Bonchev–Trinajstić information content (AvgIpc) is 3.07. The van der Waals surface area contributed by atoms with Gasteiger partial charge in [-0.3, -0.25) is 0 Å². The molecule has 16 heavy (non-hydrogen) atoms. The van der Waals surface area contributed by atoms with Crippen molar-refractivity contribution in [1.82, 2.24) is 10.6 Å². The molecular weight excluding hydrogens is 200 g/mol. The number of aryl methyl sites for hydroxylation is 1. The number of amides is 2. The first-order chi connectivity index (χ1) is 7.74. The standard InChI is InChI=1S/C13H18N2O/c1-10-3-2-4-12(7-10)9-15-13(16)14-8-11-5-6-11/h2-4,7,11H,5-6,8-9H2,1H3,(H2,14,15,16). The van der Waals surface area contributed by atoms with Crippen LogP contribution in [0.5, 0.6) is 0 Å². The number of urea groups is 1. The molecule has 0 atom stereocenters. The van der Waals surface area contributed by atoms with Crippen molar-refractivity contribution in [3.05, 3.63) is 35.4 Å². The molecule has 2 rings (SSSR count). The van der Waals surface area contributed by atoms with Gasteiger partial charge in [0.25, 0.3) is 0 Å². The largest absolute Gasteiger partial charge is 0.338 e. The van der Waals surface area contributed by atoms with E-state index in [-0.39, 0.29) is 6.03 Å². The molecule has 1 fully saturated rings. The Hall–Kier alpha value is -1.51. The summed E-state index contributed by atoms with van der Waals surface area (Å²) in [7, 11) is 0. The number of nitrogens with one attached hydrogen (secondary N) is 2. The maximum Gasteiger partial charge on any atom is 0.315 e. The Labute approximate surface area is 96.2 Å². The Balaban J connectivity index is 1.71. The number of hydrogen-bond acceptors (Lipinski definition) is 1. The molecule has 1 aromatic carbocycles. The van der Waals surface area contributed by atoms with E-state index in [9.17, 15) is 4.79 Å². The first-order valence-electron chi connectivity index (χ1n) is 5.81. The van der Waals surface area contributed by atoms with Crippen LogP contribution in [0, 0.1) is 12.8 Å². The SMILES string of the molecule is Cc1cccc(CNC(=O)NCC2CC2)c1. The van der Waals surface area contributed by atoms with Crippen molar-refractivity contribution in [2.24, 2.45) is 5.92 Å². The highest BCUT2D eigenvalue weighted by Crippen LogP contribution is 2.27. The normalized spacial score (nSPS) is 14.6. The number of rotatable bonds is 4. The minimum absolute atomic E-state index is 0.0617. The van der Waals surface area contributed by atoms with Crippen LogP contribution in [-0.4, -0.2) is 12.6 Å². The molecule has 1 saturated carbocycles. The van der Waals surface area contributed by atoms with Crippen LogP contribution in [-0.2, 0) is 6.54 Å². The van der Waals surface area contributed by atoms with Crippen LogP contribution in [0.4, 0.5) is 4.79 Å². The molecule has 0 bridgehead atoms. The van der Waals surface area contributed by atoms with Crippen molar-refractivity contribution in [1.29, 1.82) is 0 Å². The third-order valence-electron chi connectivity index (χ3n) is 2.78. The summed E-state index contributed by atoms with van der Waals surface area (Å²) in [5, 5.41) is 5.74. The second-order valence-corrected chi connectivity index (χ2v) is 4.50. The second kappa shape index (κ2) is 5.01. The Morgan fingerprint density at radius 1 is 1.38 bits per heavy atom. The van der Waals surface area contributed by atoms with Gasteiger partial charge in [0, 0.05) is 13.1 Å². The predicted octanol–water partition coefficient (Wildman–Crippen LogP) is 2.20. The average molecular weight is 218 g/mol. The van der Waals surface area contributed by atoms with Crippen LogP contribution in [0.1, 0.15) is 24.0 Å². The fourth-order valence-electron chi connectivity index (χ4n) is 1.63. The topological polar surface area (TPSA) is 41.1 Å². The maximum atomic E-state index is 11.4. The van der Waals surface area contributed by atoms with Gasteiger partial charge in [-0.15, -0.1) is 0 Å². The molecule has 0 unspecified atom stereocenters. The smallest absolute Gasteiger partial charge is 0.315 e. The van der Waals surface area contributed by atoms with Crippen molar-refractivity contribution in [3.63, 3.8) is 0 Å². The molecule has 0 radical (unpaired) electrons. The first kappa shape index (κ1) is 11.0. The summed E-state index contributed by atoms with van der Waals surface area (Å²) in [4.78, 5) is 11.4. The molecular formula is C13H18N2O. The zero-order valence-corrected chi connectivity index (χ0v) is 9.62. The lowest BCUT2D eigenvalue weighted by Crippen LogP contribution is -2.36. The summed E-state index contributed by atoms with van der Waals surface area (Å²) in [6.45, 7) is 3.47. The highest BCUT2D eigenvalue weighted by Gasteiger charge is 2.21. The van der Waals surface area contributed by atoms with Crippen LogP contribution >= 0.6 is 0 Å². The summed E-state index contributed by atoms with van der Waals surface area (Å²) >= 11 is 0. The summed E-state index contributed by atoms with van der Waals surface area (Å²) in [6, 6.07) is 8.11.